The highest BCUT2D eigenvalue weighted by atomic mass is 16.4. The molecule has 0 aromatic rings. The molecule has 2 N–H and O–H groups in total. The predicted octanol–water partition coefficient (Wildman–Crippen LogP) is 11.7. The first-order valence-corrected chi connectivity index (χ1v) is 17.4. The Kier molecular flexibility index (Phi) is 29.1. The van der Waals surface area contributed by atoms with Gasteiger partial charge in [-0.1, -0.05) is 174 Å². The van der Waals surface area contributed by atoms with Crippen molar-refractivity contribution in [1.29, 1.82) is 0 Å². The third-order valence-corrected chi connectivity index (χ3v) is 8.70. The van der Waals surface area contributed by atoms with Crippen LogP contribution in [0.15, 0.2) is 0 Å². The lowest BCUT2D eigenvalue weighted by molar-refractivity contribution is -0.138. The van der Waals surface area contributed by atoms with Crippen molar-refractivity contribution in [2.75, 3.05) is 0 Å². The maximum atomic E-state index is 10.8. The van der Waals surface area contributed by atoms with Gasteiger partial charge in [-0.15, -0.1) is 0 Å². The van der Waals surface area contributed by atoms with Crippen LogP contribution in [-0.4, -0.2) is 22.2 Å². The fourth-order valence-corrected chi connectivity index (χ4v) is 6.21. The molecule has 0 radical (unpaired) electrons. The van der Waals surface area contributed by atoms with Crippen molar-refractivity contribution < 1.29 is 19.8 Å². The Hall–Kier alpha value is -1.06. The maximum Gasteiger partial charge on any atom is 0.303 e. The Morgan fingerprint density at radius 3 is 0.872 bits per heavy atom. The van der Waals surface area contributed by atoms with Gasteiger partial charge in [-0.25, -0.2) is 0 Å². The summed E-state index contributed by atoms with van der Waals surface area (Å²) in [6, 6.07) is 0. The molecule has 0 rings (SSSR count). The van der Waals surface area contributed by atoms with Crippen molar-refractivity contribution >= 4 is 11.9 Å². The molecule has 39 heavy (non-hydrogen) atoms. The number of hydrogen-bond donors (Lipinski definition) is 2. The smallest absolute Gasteiger partial charge is 0.303 e. The van der Waals surface area contributed by atoms with Gasteiger partial charge in [-0.2, -0.15) is 0 Å². The van der Waals surface area contributed by atoms with E-state index >= 15 is 0 Å². The normalized spacial score (nSPS) is 13.0. The average molecular weight is 553 g/mol. The van der Waals surface area contributed by atoms with Gasteiger partial charge in [-0.3, -0.25) is 9.59 Å². The average Bonchev–Trinajstić information content (AvgIpc) is 2.90. The Bertz CT molecular complexity index is 533. The molecule has 0 aliphatic heterocycles. The molecule has 0 spiro atoms. The SMILES string of the molecule is CCCCCCCCCCC(CCCCCCC(=O)O)C(CCCCCCCCC)CCCCCCC(=O)O. The summed E-state index contributed by atoms with van der Waals surface area (Å²) in [5, 5.41) is 17.9. The minimum absolute atomic E-state index is 0.310. The summed E-state index contributed by atoms with van der Waals surface area (Å²) in [7, 11) is 0. The van der Waals surface area contributed by atoms with Crippen LogP contribution >= 0.6 is 0 Å². The standard InChI is InChI=1S/C35H68O4/c1-3-5-7-9-11-13-15-21-27-33(29-23-17-19-25-31-35(38)39)32(26-20-14-12-10-8-6-4-2)28-22-16-18-24-30-34(36)37/h32-33H,3-31H2,1-2H3,(H,36,37)(H,38,39). The number of unbranched alkanes of at least 4 members (excludes halogenated alkanes) is 19. The third-order valence-electron chi connectivity index (χ3n) is 8.70. The third kappa shape index (κ3) is 28.3. The van der Waals surface area contributed by atoms with Gasteiger partial charge in [0.2, 0.25) is 0 Å². The number of aliphatic carboxylic acids is 2. The van der Waals surface area contributed by atoms with Crippen LogP contribution in [0.1, 0.15) is 200 Å². The van der Waals surface area contributed by atoms with E-state index in [1.807, 2.05) is 0 Å². The summed E-state index contributed by atoms with van der Waals surface area (Å²) in [5.41, 5.74) is 0. The molecule has 0 aliphatic rings. The topological polar surface area (TPSA) is 74.6 Å². The van der Waals surface area contributed by atoms with Crippen LogP contribution in [0.3, 0.4) is 0 Å². The summed E-state index contributed by atoms with van der Waals surface area (Å²) in [6.07, 6.45) is 35.1. The molecule has 0 heterocycles. The van der Waals surface area contributed by atoms with Gasteiger partial charge >= 0.3 is 11.9 Å². The van der Waals surface area contributed by atoms with Crippen molar-refractivity contribution in [1.82, 2.24) is 0 Å². The molecule has 0 amide bonds. The summed E-state index contributed by atoms with van der Waals surface area (Å²) in [4.78, 5) is 21.7. The van der Waals surface area contributed by atoms with Gasteiger partial charge < -0.3 is 10.2 Å². The summed E-state index contributed by atoms with van der Waals surface area (Å²) in [6.45, 7) is 4.57. The fourth-order valence-electron chi connectivity index (χ4n) is 6.21. The van der Waals surface area contributed by atoms with Crippen LogP contribution in [0.5, 0.6) is 0 Å². The van der Waals surface area contributed by atoms with E-state index in [4.69, 9.17) is 10.2 Å². The number of rotatable bonds is 32. The monoisotopic (exact) mass is 553 g/mol. The van der Waals surface area contributed by atoms with E-state index in [0.717, 1.165) is 37.5 Å². The molecule has 0 aromatic heterocycles. The lowest BCUT2D eigenvalue weighted by atomic mass is 9.78. The second-order valence-electron chi connectivity index (χ2n) is 12.4. The maximum absolute atomic E-state index is 10.8. The highest BCUT2D eigenvalue weighted by Crippen LogP contribution is 2.33. The van der Waals surface area contributed by atoms with Crippen LogP contribution in [-0.2, 0) is 9.59 Å². The van der Waals surface area contributed by atoms with E-state index in [2.05, 4.69) is 13.8 Å². The highest BCUT2D eigenvalue weighted by molar-refractivity contribution is 5.66. The molecule has 4 heteroatoms. The Morgan fingerprint density at radius 2 is 0.615 bits per heavy atom. The van der Waals surface area contributed by atoms with Gasteiger partial charge in [-0.05, 0) is 24.7 Å². The lowest BCUT2D eigenvalue weighted by Gasteiger charge is -2.28. The van der Waals surface area contributed by atoms with E-state index in [1.54, 1.807) is 0 Å². The van der Waals surface area contributed by atoms with Gasteiger partial charge in [0.1, 0.15) is 0 Å². The van der Waals surface area contributed by atoms with Gasteiger partial charge in [0.05, 0.1) is 0 Å². The van der Waals surface area contributed by atoms with Crippen molar-refractivity contribution in [3.05, 3.63) is 0 Å². The molecule has 0 fully saturated rings. The summed E-state index contributed by atoms with van der Waals surface area (Å²) < 4.78 is 0. The quantitative estimate of drug-likeness (QED) is 0.0814. The molecule has 0 bridgehead atoms. The molecule has 2 unspecified atom stereocenters. The fraction of sp³-hybridized carbons (Fsp3) is 0.943. The first kappa shape index (κ1) is 37.9. The van der Waals surface area contributed by atoms with Crippen LogP contribution in [0.2, 0.25) is 0 Å². The molecule has 0 saturated heterocycles. The zero-order valence-corrected chi connectivity index (χ0v) is 26.4. The molecule has 232 valence electrons. The molecular weight excluding hydrogens is 484 g/mol. The highest BCUT2D eigenvalue weighted by Gasteiger charge is 2.20. The first-order chi connectivity index (χ1) is 19.0. The molecule has 0 aliphatic carbocycles. The second-order valence-corrected chi connectivity index (χ2v) is 12.4. The van der Waals surface area contributed by atoms with E-state index in [-0.39, 0.29) is 0 Å². The Morgan fingerprint density at radius 1 is 0.385 bits per heavy atom. The minimum Gasteiger partial charge on any atom is -0.481 e. The zero-order chi connectivity index (χ0) is 28.8. The van der Waals surface area contributed by atoms with Crippen molar-refractivity contribution in [3.8, 4) is 0 Å². The molecule has 0 aromatic carbocycles. The minimum atomic E-state index is -0.666. The van der Waals surface area contributed by atoms with Crippen LogP contribution in [0.4, 0.5) is 0 Å². The van der Waals surface area contributed by atoms with E-state index in [9.17, 15) is 9.59 Å². The van der Waals surface area contributed by atoms with Crippen molar-refractivity contribution in [2.24, 2.45) is 11.8 Å². The van der Waals surface area contributed by atoms with Crippen LogP contribution in [0.25, 0.3) is 0 Å². The predicted molar refractivity (Wildman–Crippen MR) is 167 cm³/mol. The summed E-state index contributed by atoms with van der Waals surface area (Å²) >= 11 is 0. The molecular formula is C35H68O4. The van der Waals surface area contributed by atoms with Crippen LogP contribution < -0.4 is 0 Å². The number of carbonyl (C=O) groups is 2. The van der Waals surface area contributed by atoms with Crippen LogP contribution in [0, 0.1) is 11.8 Å². The zero-order valence-electron chi connectivity index (χ0n) is 26.4. The van der Waals surface area contributed by atoms with E-state index < -0.39 is 11.9 Å². The van der Waals surface area contributed by atoms with Crippen molar-refractivity contribution in [3.63, 3.8) is 0 Å². The Labute approximate surface area is 243 Å². The van der Waals surface area contributed by atoms with E-state index in [1.165, 1.54) is 148 Å². The molecule has 4 nitrogen and oxygen atoms in total. The number of carboxylic acid groups (broad SMARTS) is 2. The molecule has 2 atom stereocenters. The van der Waals surface area contributed by atoms with E-state index in [0.29, 0.717) is 12.8 Å². The van der Waals surface area contributed by atoms with Gasteiger partial charge in [0.15, 0.2) is 0 Å². The second kappa shape index (κ2) is 29.9. The largest absolute Gasteiger partial charge is 0.481 e. The van der Waals surface area contributed by atoms with Crippen molar-refractivity contribution in [2.45, 2.75) is 200 Å². The molecule has 0 saturated carbocycles. The lowest BCUT2D eigenvalue weighted by Crippen LogP contribution is -2.16. The Balaban J connectivity index is 4.78. The first-order valence-electron chi connectivity index (χ1n) is 17.4. The van der Waals surface area contributed by atoms with Gasteiger partial charge in [0.25, 0.3) is 0 Å². The number of hydrogen-bond acceptors (Lipinski definition) is 2. The summed E-state index contributed by atoms with van der Waals surface area (Å²) in [5.74, 6) is 0.286. The number of carboxylic acids is 2. The van der Waals surface area contributed by atoms with Gasteiger partial charge in [0, 0.05) is 12.8 Å².